The molecule has 0 spiro atoms. The van der Waals surface area contributed by atoms with Gasteiger partial charge in [0.2, 0.25) is 0 Å². The molecule has 15 rings (SSSR count). The average Bonchev–Trinajstić information content (AvgIpc) is 1.18. The van der Waals surface area contributed by atoms with Crippen LogP contribution in [0, 0.1) is 6.92 Å². The Bertz CT molecular complexity index is 6240. The molecule has 3 aliphatic rings. The Morgan fingerprint density at radius 1 is 0.378 bits per heavy atom. The van der Waals surface area contributed by atoms with E-state index in [0.717, 1.165) is 18.9 Å². The molecular formula is C69H55BN4. The van der Waals surface area contributed by atoms with Crippen LogP contribution in [-0.4, -0.2) is 15.8 Å². The van der Waals surface area contributed by atoms with Gasteiger partial charge in [0, 0.05) is 50.0 Å². The maximum atomic E-state index is 11.1. The van der Waals surface area contributed by atoms with Crippen molar-refractivity contribution in [1.82, 2.24) is 9.13 Å². The number of anilines is 6. The molecule has 2 aromatic heterocycles. The van der Waals surface area contributed by atoms with Crippen LogP contribution in [0.25, 0.3) is 77.2 Å². The lowest BCUT2D eigenvalue weighted by Gasteiger charge is -2.46. The molecule has 10 aromatic carbocycles. The minimum absolute atomic E-state index is 0.0157. The van der Waals surface area contributed by atoms with Crippen LogP contribution in [0.3, 0.4) is 0 Å². The maximum absolute atomic E-state index is 11.1. The van der Waals surface area contributed by atoms with E-state index in [-0.39, 0.29) is 43.8 Å². The molecule has 354 valence electrons. The summed E-state index contributed by atoms with van der Waals surface area (Å²) in [5.74, 6) is 0. The lowest BCUT2D eigenvalue weighted by atomic mass is 9.33. The second kappa shape index (κ2) is 15.3. The van der Waals surface area contributed by atoms with Crippen LogP contribution in [0.1, 0.15) is 105 Å². The zero-order chi connectivity index (χ0) is 79.5. The summed E-state index contributed by atoms with van der Waals surface area (Å²) >= 11 is 0. The molecular weight excluding hydrogens is 896 g/mol. The van der Waals surface area contributed by atoms with Crippen LogP contribution >= 0.6 is 0 Å². The van der Waals surface area contributed by atoms with Crippen molar-refractivity contribution in [1.29, 1.82) is 0 Å². The molecule has 5 heteroatoms. The Morgan fingerprint density at radius 3 is 1.58 bits per heavy atom. The number of benzene rings is 10. The highest BCUT2D eigenvalue weighted by Crippen LogP contribution is 2.53. The molecule has 0 radical (unpaired) electrons. The minimum atomic E-state index is -2.04. The molecule has 5 heterocycles. The van der Waals surface area contributed by atoms with Gasteiger partial charge in [-0.05, 0) is 152 Å². The van der Waals surface area contributed by atoms with Crippen molar-refractivity contribution in [3.8, 4) is 33.6 Å². The summed E-state index contributed by atoms with van der Waals surface area (Å²) in [7, 11) is 0. The quantitative estimate of drug-likeness (QED) is 0.163. The van der Waals surface area contributed by atoms with E-state index in [2.05, 4.69) is 0 Å². The Hall–Kier alpha value is -8.54. The van der Waals surface area contributed by atoms with Crippen molar-refractivity contribution in [3.63, 3.8) is 0 Å². The topological polar surface area (TPSA) is 16.3 Å². The number of para-hydroxylation sites is 3. The van der Waals surface area contributed by atoms with Crippen molar-refractivity contribution in [2.75, 3.05) is 9.80 Å². The van der Waals surface area contributed by atoms with Gasteiger partial charge >= 0.3 is 0 Å². The molecule has 0 bridgehead atoms. The fourth-order valence-corrected chi connectivity index (χ4v) is 10.3. The largest absolute Gasteiger partial charge is 0.311 e. The first-order valence-corrected chi connectivity index (χ1v) is 23.5. The Kier molecular flexibility index (Phi) is 4.36. The van der Waals surface area contributed by atoms with E-state index in [4.69, 9.17) is 9.60 Å². The van der Waals surface area contributed by atoms with Gasteiger partial charge in [-0.3, -0.25) is 0 Å². The van der Waals surface area contributed by atoms with E-state index < -0.39 is 324 Å². The molecule has 4 nitrogen and oxygen atoms in total. The molecule has 12 aromatic rings. The molecule has 74 heavy (non-hydrogen) atoms. The standard InChI is InChI=1S/C69H55BN4/c1-42-37-63-65-64(38-42)74-60-21-13-18-52-51-17-11-12-20-57(51)73(66(52)60)61-22-14-19-56(67(61)74)70(65)55-34-33-50(72-58-35-29-47(68(2,3)4)39-53(58)54-40-48(69(5,6)7)30-36-59(54)72)41-62(55)71(63)49-31-27-46(28-32-49)45-25-23-44(24-26-45)43-15-9-8-10-16-43/h8-41H,1-7H3/i8D,9D,10D,11D,12D,13D,14D,15D,16D,17D,18D,19D,20D,21D,22D,23D,24D,25D,26D,27D,28D,29D,30D,31D,32D,33D,34D,35D,36D,37D,38D,39D,40D,41D. The molecule has 0 saturated heterocycles. The molecule has 0 N–H and O–H groups in total. The third-order valence-corrected chi connectivity index (χ3v) is 13.7. The van der Waals surface area contributed by atoms with Gasteiger partial charge in [-0.1, -0.05) is 168 Å². The van der Waals surface area contributed by atoms with Crippen LogP contribution < -0.4 is 26.2 Å². The predicted molar refractivity (Wildman–Crippen MR) is 316 cm³/mol. The van der Waals surface area contributed by atoms with E-state index in [9.17, 15) is 37.0 Å². The molecule has 0 amide bonds. The van der Waals surface area contributed by atoms with Crippen LogP contribution in [0.2, 0.25) is 0 Å². The van der Waals surface area contributed by atoms with Crippen LogP contribution in [0.15, 0.2) is 205 Å². The van der Waals surface area contributed by atoms with Crippen molar-refractivity contribution < 1.29 is 46.6 Å². The van der Waals surface area contributed by atoms with Crippen molar-refractivity contribution in [3.05, 3.63) is 222 Å². The number of hydrogen-bond donors (Lipinski definition) is 0. The number of rotatable bonds is 4. The lowest BCUT2D eigenvalue weighted by molar-refractivity contribution is 0.590. The highest BCUT2D eigenvalue weighted by atomic mass is 15.2. The van der Waals surface area contributed by atoms with E-state index in [0.29, 0.717) is 0 Å². The highest BCUT2D eigenvalue weighted by Gasteiger charge is 2.46. The number of fused-ring (bicyclic) bond motifs is 12. The summed E-state index contributed by atoms with van der Waals surface area (Å²) in [4.78, 5) is 1.92. The normalized spacial score (nSPS) is 20.0. The smallest absolute Gasteiger partial charge is 0.252 e. The molecule has 0 fully saturated rings. The molecule has 0 atom stereocenters. The third kappa shape index (κ3) is 6.10. The van der Waals surface area contributed by atoms with Gasteiger partial charge in [0.05, 0.1) is 85.7 Å². The summed E-state index contributed by atoms with van der Waals surface area (Å²) in [5, 5.41) is -1.28. The van der Waals surface area contributed by atoms with Crippen molar-refractivity contribution in [2.24, 2.45) is 0 Å². The van der Waals surface area contributed by atoms with Gasteiger partial charge < -0.3 is 18.9 Å². The fraction of sp³-hybridized carbons (Fsp3) is 0.130. The minimum Gasteiger partial charge on any atom is -0.311 e. The zero-order valence-corrected chi connectivity index (χ0v) is 40.4. The number of hydrogen-bond acceptors (Lipinski definition) is 2. The third-order valence-electron chi connectivity index (χ3n) is 13.7. The second-order valence-electron chi connectivity index (χ2n) is 20.3. The van der Waals surface area contributed by atoms with E-state index in [1.165, 1.54) is 6.92 Å². The molecule has 0 saturated carbocycles. The van der Waals surface area contributed by atoms with E-state index in [1.807, 2.05) is 0 Å². The monoisotopic (exact) mass is 985 g/mol. The van der Waals surface area contributed by atoms with Crippen molar-refractivity contribution in [2.45, 2.75) is 59.3 Å². The summed E-state index contributed by atoms with van der Waals surface area (Å²) in [6.07, 6.45) is 0. The number of nitrogens with zero attached hydrogens (tertiary/aromatic N) is 4. The Morgan fingerprint density at radius 2 is 0.919 bits per heavy atom. The van der Waals surface area contributed by atoms with Gasteiger partial charge in [-0.25, -0.2) is 0 Å². The van der Waals surface area contributed by atoms with Crippen LogP contribution in [0.5, 0.6) is 0 Å². The Balaban J connectivity index is 1.17. The van der Waals surface area contributed by atoms with Gasteiger partial charge in [0.15, 0.2) is 0 Å². The Labute approximate surface area is 481 Å². The molecule has 3 aliphatic heterocycles. The summed E-state index contributed by atoms with van der Waals surface area (Å²) in [6, 6.07) is -29.6. The SMILES string of the molecule is [2H]c1c([2H])c([2H])c(-c2c([2H])c([2H])c(-c3c([2H])c([2H])c(N4c5c([2H])c(-n6c7c([2H])c([2H])c(C(C)(C)C)c([2H])c7c7c([2H])c(C(C)(C)C)c([2H])c([2H])c76)c([2H])c([2H])c5B5c6c4c([2H])c(C)c([2H])c6N4c6c5c([2H])c([2H])c([2H])c6-n5c6c([2H])c([2H])c([2H])c([2H])c6c6c([2H])c([2H])c([2H])c4c65)c([2H])c3[2H])c([2H])c2[2H])c([2H])c1[2H]. The molecule has 0 aliphatic carbocycles. The lowest BCUT2D eigenvalue weighted by Crippen LogP contribution is -2.61. The van der Waals surface area contributed by atoms with Crippen LogP contribution in [0.4, 0.5) is 34.1 Å². The van der Waals surface area contributed by atoms with Gasteiger partial charge in [-0.2, -0.15) is 0 Å². The molecule has 0 unspecified atom stereocenters. The highest BCUT2D eigenvalue weighted by molar-refractivity contribution is 7.00. The number of aromatic nitrogens is 2. The first-order valence-electron chi connectivity index (χ1n) is 40.5. The average molecular weight is 985 g/mol. The fourth-order valence-electron chi connectivity index (χ4n) is 10.3. The van der Waals surface area contributed by atoms with Crippen molar-refractivity contribution >= 4 is 101 Å². The summed E-state index contributed by atoms with van der Waals surface area (Å²) in [6.45, 7) is 9.23. The van der Waals surface area contributed by atoms with E-state index >= 15 is 0 Å². The maximum Gasteiger partial charge on any atom is 0.252 e. The van der Waals surface area contributed by atoms with Gasteiger partial charge in [0.1, 0.15) is 0 Å². The summed E-state index contributed by atoms with van der Waals surface area (Å²) in [5.41, 5.74) is -14.4. The second-order valence-corrected chi connectivity index (χ2v) is 20.3. The summed E-state index contributed by atoms with van der Waals surface area (Å²) < 4.78 is 330. The predicted octanol–water partition coefficient (Wildman–Crippen LogP) is 16.5. The first-order chi connectivity index (χ1) is 50.1. The van der Waals surface area contributed by atoms with Gasteiger partial charge in [0.25, 0.3) is 6.71 Å². The van der Waals surface area contributed by atoms with E-state index in [1.54, 1.807) is 41.5 Å². The zero-order valence-electron chi connectivity index (χ0n) is 74.4. The first kappa shape index (κ1) is 21.1. The van der Waals surface area contributed by atoms with Gasteiger partial charge in [-0.15, -0.1) is 0 Å². The van der Waals surface area contributed by atoms with Crippen LogP contribution in [-0.2, 0) is 10.8 Å².